The average Bonchev–Trinajstić information content (AvgIpc) is 2.46. The van der Waals surface area contributed by atoms with Gasteiger partial charge in [-0.3, -0.25) is 0 Å². The summed E-state index contributed by atoms with van der Waals surface area (Å²) in [6.07, 6.45) is 0. The standard InChI is InChI=1S/C8H8N2OS/c9-5-1-2-6-7(3-5)12-8(4-11)10-6/h1-3,11H,4,9H2. The van der Waals surface area contributed by atoms with Crippen LogP contribution in [0.4, 0.5) is 5.69 Å². The Kier molecular flexibility index (Phi) is 1.71. The Hall–Kier alpha value is -1.13. The second kappa shape index (κ2) is 2.73. The highest BCUT2D eigenvalue weighted by atomic mass is 32.1. The molecule has 0 saturated carbocycles. The monoisotopic (exact) mass is 180 g/mol. The fraction of sp³-hybridized carbons (Fsp3) is 0.125. The van der Waals surface area contributed by atoms with Gasteiger partial charge in [-0.2, -0.15) is 0 Å². The van der Waals surface area contributed by atoms with E-state index in [1.54, 1.807) is 0 Å². The molecule has 0 saturated heterocycles. The van der Waals surface area contributed by atoms with E-state index < -0.39 is 0 Å². The van der Waals surface area contributed by atoms with Crippen molar-refractivity contribution in [3.05, 3.63) is 23.2 Å². The zero-order valence-electron chi connectivity index (χ0n) is 6.32. The van der Waals surface area contributed by atoms with Crippen molar-refractivity contribution in [1.29, 1.82) is 0 Å². The van der Waals surface area contributed by atoms with Crippen molar-refractivity contribution in [2.45, 2.75) is 6.61 Å². The first-order valence-corrected chi connectivity index (χ1v) is 4.37. The summed E-state index contributed by atoms with van der Waals surface area (Å²) in [7, 11) is 0. The number of benzene rings is 1. The molecule has 0 bridgehead atoms. The van der Waals surface area contributed by atoms with E-state index >= 15 is 0 Å². The van der Waals surface area contributed by atoms with E-state index in [1.807, 2.05) is 18.2 Å². The van der Waals surface area contributed by atoms with Gasteiger partial charge < -0.3 is 10.8 Å². The number of thiazole rings is 1. The molecular formula is C8H8N2OS. The number of fused-ring (bicyclic) bond motifs is 1. The summed E-state index contributed by atoms with van der Waals surface area (Å²) in [6.45, 7) is -0.000743. The van der Waals surface area contributed by atoms with Crippen LogP contribution in [-0.4, -0.2) is 10.1 Å². The molecule has 0 radical (unpaired) electrons. The number of aliphatic hydroxyl groups is 1. The lowest BCUT2D eigenvalue weighted by molar-refractivity contribution is 0.281. The van der Waals surface area contributed by atoms with E-state index in [4.69, 9.17) is 10.8 Å². The van der Waals surface area contributed by atoms with Gasteiger partial charge in [-0.25, -0.2) is 4.98 Å². The molecule has 1 aromatic heterocycles. The topological polar surface area (TPSA) is 59.1 Å². The van der Waals surface area contributed by atoms with Gasteiger partial charge in [0.25, 0.3) is 0 Å². The number of nitrogens with zero attached hydrogens (tertiary/aromatic N) is 1. The van der Waals surface area contributed by atoms with Crippen molar-refractivity contribution in [2.75, 3.05) is 5.73 Å². The number of rotatable bonds is 1. The van der Waals surface area contributed by atoms with Gasteiger partial charge in [0.1, 0.15) is 5.01 Å². The van der Waals surface area contributed by atoms with Crippen LogP contribution in [0.5, 0.6) is 0 Å². The molecule has 0 aliphatic heterocycles. The first-order valence-electron chi connectivity index (χ1n) is 3.55. The third kappa shape index (κ3) is 1.15. The van der Waals surface area contributed by atoms with Crippen molar-refractivity contribution in [1.82, 2.24) is 4.98 Å². The van der Waals surface area contributed by atoms with Crippen molar-refractivity contribution < 1.29 is 5.11 Å². The van der Waals surface area contributed by atoms with Crippen molar-refractivity contribution in [2.24, 2.45) is 0 Å². The third-order valence-corrected chi connectivity index (χ3v) is 2.59. The second-order valence-electron chi connectivity index (χ2n) is 2.49. The molecule has 1 heterocycles. The predicted molar refractivity (Wildman–Crippen MR) is 50.0 cm³/mol. The van der Waals surface area contributed by atoms with E-state index in [-0.39, 0.29) is 6.61 Å². The Labute approximate surface area is 73.5 Å². The Bertz CT molecular complexity index is 410. The highest BCUT2D eigenvalue weighted by Crippen LogP contribution is 2.23. The minimum absolute atomic E-state index is 0.000743. The number of aliphatic hydroxyl groups excluding tert-OH is 1. The van der Waals surface area contributed by atoms with Crippen LogP contribution in [0.15, 0.2) is 18.2 Å². The molecule has 0 fully saturated rings. The van der Waals surface area contributed by atoms with Gasteiger partial charge in [0, 0.05) is 5.69 Å². The molecule has 3 N–H and O–H groups in total. The molecule has 2 aromatic rings. The lowest BCUT2D eigenvalue weighted by Gasteiger charge is -1.89. The molecule has 0 aliphatic rings. The number of anilines is 1. The Morgan fingerprint density at radius 1 is 1.50 bits per heavy atom. The van der Waals surface area contributed by atoms with E-state index in [2.05, 4.69) is 4.98 Å². The number of nitrogens with two attached hydrogens (primary N) is 1. The highest BCUT2D eigenvalue weighted by molar-refractivity contribution is 7.18. The van der Waals surface area contributed by atoms with Gasteiger partial charge in [-0.1, -0.05) is 0 Å². The summed E-state index contributed by atoms with van der Waals surface area (Å²) < 4.78 is 1.03. The molecule has 0 amide bonds. The van der Waals surface area contributed by atoms with Gasteiger partial charge in [-0.15, -0.1) is 11.3 Å². The first-order chi connectivity index (χ1) is 5.79. The maximum Gasteiger partial charge on any atom is 0.119 e. The zero-order valence-corrected chi connectivity index (χ0v) is 7.14. The molecule has 0 unspecified atom stereocenters. The van der Waals surface area contributed by atoms with Crippen LogP contribution in [-0.2, 0) is 6.61 Å². The summed E-state index contributed by atoms with van der Waals surface area (Å²) in [6, 6.07) is 5.54. The van der Waals surface area contributed by atoms with Gasteiger partial charge in [0.05, 0.1) is 16.8 Å². The van der Waals surface area contributed by atoms with E-state index in [9.17, 15) is 0 Å². The Morgan fingerprint density at radius 3 is 3.08 bits per heavy atom. The third-order valence-electron chi connectivity index (χ3n) is 1.59. The summed E-state index contributed by atoms with van der Waals surface area (Å²) in [5.74, 6) is 0. The van der Waals surface area contributed by atoms with Crippen LogP contribution >= 0.6 is 11.3 Å². The molecule has 12 heavy (non-hydrogen) atoms. The van der Waals surface area contributed by atoms with E-state index in [0.717, 1.165) is 20.9 Å². The number of aromatic nitrogens is 1. The Morgan fingerprint density at radius 2 is 2.33 bits per heavy atom. The molecule has 0 atom stereocenters. The molecule has 1 aromatic carbocycles. The lowest BCUT2D eigenvalue weighted by Crippen LogP contribution is -1.81. The number of hydrogen-bond acceptors (Lipinski definition) is 4. The Balaban J connectivity index is 2.67. The highest BCUT2D eigenvalue weighted by Gasteiger charge is 2.01. The first kappa shape index (κ1) is 7.52. The maximum absolute atomic E-state index is 8.82. The van der Waals surface area contributed by atoms with Gasteiger partial charge in [-0.05, 0) is 18.2 Å². The normalized spacial score (nSPS) is 10.8. The van der Waals surface area contributed by atoms with Gasteiger partial charge in [0.2, 0.25) is 0 Å². The lowest BCUT2D eigenvalue weighted by atomic mass is 10.3. The van der Waals surface area contributed by atoms with Crippen LogP contribution in [0.1, 0.15) is 5.01 Å². The minimum Gasteiger partial charge on any atom is -0.399 e. The van der Waals surface area contributed by atoms with Crippen molar-refractivity contribution in [3.63, 3.8) is 0 Å². The average molecular weight is 180 g/mol. The SMILES string of the molecule is Nc1ccc2nc(CO)sc2c1. The summed E-state index contributed by atoms with van der Waals surface area (Å²) in [5.41, 5.74) is 7.22. The van der Waals surface area contributed by atoms with Crippen LogP contribution in [0.3, 0.4) is 0 Å². The molecule has 3 nitrogen and oxygen atoms in total. The molecule has 2 rings (SSSR count). The molecule has 62 valence electrons. The summed E-state index contributed by atoms with van der Waals surface area (Å²) >= 11 is 1.47. The smallest absolute Gasteiger partial charge is 0.119 e. The molecule has 0 spiro atoms. The second-order valence-corrected chi connectivity index (χ2v) is 3.61. The van der Waals surface area contributed by atoms with Crippen molar-refractivity contribution in [3.8, 4) is 0 Å². The minimum atomic E-state index is -0.000743. The predicted octanol–water partition coefficient (Wildman–Crippen LogP) is 1.37. The largest absolute Gasteiger partial charge is 0.399 e. The number of nitrogen functional groups attached to an aromatic ring is 1. The summed E-state index contributed by atoms with van der Waals surface area (Å²) in [4.78, 5) is 4.19. The van der Waals surface area contributed by atoms with Gasteiger partial charge >= 0.3 is 0 Å². The quantitative estimate of drug-likeness (QED) is 0.651. The van der Waals surface area contributed by atoms with Crippen LogP contribution in [0, 0.1) is 0 Å². The fourth-order valence-corrected chi connectivity index (χ4v) is 1.93. The molecule has 0 aliphatic carbocycles. The fourth-order valence-electron chi connectivity index (χ4n) is 1.06. The summed E-state index contributed by atoms with van der Waals surface area (Å²) in [5, 5.41) is 9.56. The molecule has 4 heteroatoms. The van der Waals surface area contributed by atoms with Crippen LogP contribution in [0.25, 0.3) is 10.2 Å². The number of hydrogen-bond donors (Lipinski definition) is 2. The molecular weight excluding hydrogens is 172 g/mol. The van der Waals surface area contributed by atoms with E-state index in [0.29, 0.717) is 0 Å². The van der Waals surface area contributed by atoms with Crippen LogP contribution in [0.2, 0.25) is 0 Å². The zero-order chi connectivity index (χ0) is 8.55. The van der Waals surface area contributed by atoms with Crippen LogP contribution < -0.4 is 5.73 Å². The van der Waals surface area contributed by atoms with E-state index in [1.165, 1.54) is 11.3 Å². The van der Waals surface area contributed by atoms with Gasteiger partial charge in [0.15, 0.2) is 0 Å². The van der Waals surface area contributed by atoms with Crippen molar-refractivity contribution >= 4 is 27.2 Å². The maximum atomic E-state index is 8.82.